The van der Waals surface area contributed by atoms with Crippen LogP contribution in [0.2, 0.25) is 0 Å². The van der Waals surface area contributed by atoms with Gasteiger partial charge in [-0.15, -0.1) is 0 Å². The summed E-state index contributed by atoms with van der Waals surface area (Å²) < 4.78 is 0. The largest absolute Gasteiger partial charge is 0.399 e. The molecule has 1 aliphatic heterocycles. The Morgan fingerprint density at radius 1 is 1.15 bits per heavy atom. The van der Waals surface area contributed by atoms with Gasteiger partial charge in [0.2, 0.25) is 0 Å². The number of hydrogen-bond acceptors (Lipinski definition) is 3. The first-order chi connectivity index (χ1) is 9.65. The van der Waals surface area contributed by atoms with Crippen molar-refractivity contribution in [3.8, 4) is 0 Å². The summed E-state index contributed by atoms with van der Waals surface area (Å²) in [5.41, 5.74) is 10.2. The van der Waals surface area contributed by atoms with Gasteiger partial charge < -0.3 is 10.6 Å². The summed E-state index contributed by atoms with van der Waals surface area (Å²) in [5.74, 6) is 0.0269. The fourth-order valence-electron chi connectivity index (χ4n) is 2.75. The molecule has 3 nitrogen and oxygen atoms in total. The highest BCUT2D eigenvalue weighted by Crippen LogP contribution is 2.28. The average Bonchev–Trinajstić information content (AvgIpc) is 2.47. The number of rotatable bonds is 2. The van der Waals surface area contributed by atoms with Gasteiger partial charge in [0, 0.05) is 36.1 Å². The maximum atomic E-state index is 12.5. The van der Waals surface area contributed by atoms with Crippen molar-refractivity contribution in [2.75, 3.05) is 24.2 Å². The van der Waals surface area contributed by atoms with Crippen LogP contribution in [0.15, 0.2) is 42.5 Å². The summed E-state index contributed by atoms with van der Waals surface area (Å²) in [5, 5.41) is 0. The molecule has 1 aliphatic rings. The van der Waals surface area contributed by atoms with E-state index in [-0.39, 0.29) is 5.78 Å². The molecule has 0 amide bonds. The summed E-state index contributed by atoms with van der Waals surface area (Å²) in [6.45, 7) is 1.04. The van der Waals surface area contributed by atoms with E-state index in [4.69, 9.17) is 5.73 Å². The number of nitrogen functional groups attached to an aromatic ring is 1. The van der Waals surface area contributed by atoms with Gasteiger partial charge in [0.25, 0.3) is 0 Å². The van der Waals surface area contributed by atoms with E-state index in [2.05, 4.69) is 18.0 Å². The van der Waals surface area contributed by atoms with Gasteiger partial charge in [-0.3, -0.25) is 4.79 Å². The molecule has 0 spiro atoms. The Hall–Kier alpha value is -2.29. The molecule has 0 bridgehead atoms. The van der Waals surface area contributed by atoms with Crippen LogP contribution in [0.4, 0.5) is 11.4 Å². The third kappa shape index (κ3) is 2.27. The van der Waals surface area contributed by atoms with Crippen molar-refractivity contribution in [3.63, 3.8) is 0 Å². The summed E-state index contributed by atoms with van der Waals surface area (Å²) in [7, 11) is 2.08. The second-order valence-electron chi connectivity index (χ2n) is 5.32. The number of hydrogen-bond donors (Lipinski definition) is 1. The minimum atomic E-state index is 0.0269. The molecule has 2 aromatic rings. The quantitative estimate of drug-likeness (QED) is 0.671. The van der Waals surface area contributed by atoms with Crippen molar-refractivity contribution in [1.29, 1.82) is 0 Å². The van der Waals surface area contributed by atoms with Gasteiger partial charge in [0.15, 0.2) is 5.78 Å². The van der Waals surface area contributed by atoms with E-state index in [0.717, 1.165) is 18.5 Å². The zero-order valence-electron chi connectivity index (χ0n) is 11.6. The van der Waals surface area contributed by atoms with E-state index < -0.39 is 0 Å². The minimum absolute atomic E-state index is 0.0269. The molecule has 0 saturated heterocycles. The Balaban J connectivity index is 1.98. The lowest BCUT2D eigenvalue weighted by atomic mass is 9.96. The lowest BCUT2D eigenvalue weighted by Gasteiger charge is -2.27. The number of carbonyl (C=O) groups is 1. The Kier molecular flexibility index (Phi) is 3.18. The molecule has 102 valence electrons. The van der Waals surface area contributed by atoms with Crippen molar-refractivity contribution >= 4 is 17.2 Å². The van der Waals surface area contributed by atoms with E-state index in [1.54, 1.807) is 12.1 Å². The topological polar surface area (TPSA) is 46.3 Å². The van der Waals surface area contributed by atoms with Crippen LogP contribution in [0.1, 0.15) is 27.9 Å². The molecule has 3 heteroatoms. The van der Waals surface area contributed by atoms with Crippen LogP contribution in [0, 0.1) is 0 Å². The zero-order valence-corrected chi connectivity index (χ0v) is 11.6. The Bertz CT molecular complexity index is 664. The number of nitrogens with two attached hydrogens (primary N) is 1. The molecule has 0 fully saturated rings. The minimum Gasteiger partial charge on any atom is -0.399 e. The van der Waals surface area contributed by atoms with Gasteiger partial charge in [-0.2, -0.15) is 0 Å². The highest BCUT2D eigenvalue weighted by atomic mass is 16.1. The first kappa shape index (κ1) is 12.7. The fourth-order valence-corrected chi connectivity index (χ4v) is 2.75. The predicted octanol–water partition coefficient (Wildman–Crippen LogP) is 2.88. The van der Waals surface area contributed by atoms with Crippen molar-refractivity contribution < 1.29 is 4.79 Å². The molecule has 0 atom stereocenters. The third-order valence-electron chi connectivity index (χ3n) is 3.85. The van der Waals surface area contributed by atoms with Crippen molar-refractivity contribution in [3.05, 3.63) is 59.2 Å². The monoisotopic (exact) mass is 266 g/mol. The normalized spacial score (nSPS) is 13.9. The molecular weight excluding hydrogens is 248 g/mol. The number of ketones is 1. The van der Waals surface area contributed by atoms with Gasteiger partial charge in [-0.1, -0.05) is 24.3 Å². The average molecular weight is 266 g/mol. The van der Waals surface area contributed by atoms with Crippen LogP contribution in [-0.4, -0.2) is 19.4 Å². The fraction of sp³-hybridized carbons (Fsp3) is 0.235. The van der Waals surface area contributed by atoms with Gasteiger partial charge >= 0.3 is 0 Å². The second kappa shape index (κ2) is 5.00. The van der Waals surface area contributed by atoms with E-state index in [1.165, 1.54) is 17.7 Å². The molecule has 0 radical (unpaired) electrons. The lowest BCUT2D eigenvalue weighted by Crippen LogP contribution is -2.25. The molecule has 0 saturated carbocycles. The van der Waals surface area contributed by atoms with Crippen molar-refractivity contribution in [2.24, 2.45) is 0 Å². The maximum Gasteiger partial charge on any atom is 0.193 e. The maximum absolute atomic E-state index is 12.5. The summed E-state index contributed by atoms with van der Waals surface area (Å²) >= 11 is 0. The van der Waals surface area contributed by atoms with Gasteiger partial charge in [-0.25, -0.2) is 0 Å². The molecular formula is C17H18N2O. The van der Waals surface area contributed by atoms with E-state index in [1.807, 2.05) is 24.3 Å². The van der Waals surface area contributed by atoms with Crippen LogP contribution < -0.4 is 10.6 Å². The van der Waals surface area contributed by atoms with E-state index in [0.29, 0.717) is 11.3 Å². The highest BCUT2D eigenvalue weighted by molar-refractivity contribution is 6.10. The molecule has 3 rings (SSSR count). The first-order valence-electron chi connectivity index (χ1n) is 6.89. The molecule has 20 heavy (non-hydrogen) atoms. The van der Waals surface area contributed by atoms with Crippen LogP contribution >= 0.6 is 0 Å². The van der Waals surface area contributed by atoms with Gasteiger partial charge in [0.05, 0.1) is 0 Å². The molecule has 0 aromatic heterocycles. The smallest absolute Gasteiger partial charge is 0.193 e. The van der Waals surface area contributed by atoms with E-state index >= 15 is 0 Å². The Morgan fingerprint density at radius 2 is 1.95 bits per heavy atom. The van der Waals surface area contributed by atoms with Crippen LogP contribution in [0.5, 0.6) is 0 Å². The van der Waals surface area contributed by atoms with Crippen molar-refractivity contribution in [2.45, 2.75) is 12.8 Å². The first-order valence-corrected chi connectivity index (χ1v) is 6.89. The predicted molar refractivity (Wildman–Crippen MR) is 82.3 cm³/mol. The molecule has 0 aliphatic carbocycles. The number of aryl methyl sites for hydroxylation is 1. The van der Waals surface area contributed by atoms with Crippen molar-refractivity contribution in [1.82, 2.24) is 0 Å². The number of benzene rings is 2. The Morgan fingerprint density at radius 3 is 2.75 bits per heavy atom. The molecule has 2 N–H and O–H groups in total. The molecule has 1 heterocycles. The van der Waals surface area contributed by atoms with Gasteiger partial charge in [0.1, 0.15) is 0 Å². The van der Waals surface area contributed by atoms with E-state index in [9.17, 15) is 4.79 Å². The summed E-state index contributed by atoms with van der Waals surface area (Å²) in [6.07, 6.45) is 2.26. The highest BCUT2D eigenvalue weighted by Gasteiger charge is 2.17. The standard InChI is InChI=1S/C17H18N2O/c1-19-9-3-5-12-7-8-14(11-16(12)19)17(20)13-4-2-6-15(18)10-13/h2,4,6-8,10-11H,3,5,9,18H2,1H3. The molecule has 0 unspecified atom stereocenters. The van der Waals surface area contributed by atoms with Gasteiger partial charge in [-0.05, 0) is 36.6 Å². The summed E-state index contributed by atoms with van der Waals surface area (Å²) in [6, 6.07) is 13.1. The van der Waals surface area contributed by atoms with Crippen LogP contribution in [0.25, 0.3) is 0 Å². The third-order valence-corrected chi connectivity index (χ3v) is 3.85. The number of carbonyl (C=O) groups excluding carboxylic acids is 1. The van der Waals surface area contributed by atoms with Crippen LogP contribution in [0.3, 0.4) is 0 Å². The molecule has 2 aromatic carbocycles. The zero-order chi connectivity index (χ0) is 14.1. The second-order valence-corrected chi connectivity index (χ2v) is 5.32. The number of fused-ring (bicyclic) bond motifs is 1. The number of anilines is 2. The van der Waals surface area contributed by atoms with Crippen LogP contribution in [-0.2, 0) is 6.42 Å². The summed E-state index contributed by atoms with van der Waals surface area (Å²) in [4.78, 5) is 14.7. The number of nitrogens with zero attached hydrogens (tertiary/aromatic N) is 1. The SMILES string of the molecule is CN1CCCc2ccc(C(=O)c3cccc(N)c3)cc21. The Labute approximate surface area is 119 Å². The lowest BCUT2D eigenvalue weighted by molar-refractivity contribution is 0.103.